The predicted octanol–water partition coefficient (Wildman–Crippen LogP) is 4.17. The third kappa shape index (κ3) is 4.88. The fraction of sp³-hybridized carbons (Fsp3) is 0.364. The van der Waals surface area contributed by atoms with Crippen LogP contribution in [-0.4, -0.2) is 25.0 Å². The number of nitrogens with zero attached hydrogens (tertiary/aromatic N) is 1. The summed E-state index contributed by atoms with van der Waals surface area (Å²) >= 11 is 0. The molecule has 1 aliphatic rings. The van der Waals surface area contributed by atoms with Crippen LogP contribution >= 0.6 is 0 Å². The maximum absolute atomic E-state index is 12.6. The van der Waals surface area contributed by atoms with Crippen molar-refractivity contribution in [2.45, 2.75) is 33.1 Å². The van der Waals surface area contributed by atoms with Crippen LogP contribution in [0, 0.1) is 12.8 Å². The first-order valence-corrected chi connectivity index (χ1v) is 9.47. The van der Waals surface area contributed by atoms with Crippen molar-refractivity contribution < 1.29 is 14.3 Å². The van der Waals surface area contributed by atoms with Crippen LogP contribution in [0.1, 0.15) is 31.7 Å². The summed E-state index contributed by atoms with van der Waals surface area (Å²) < 4.78 is 5.63. The van der Waals surface area contributed by atoms with Crippen molar-refractivity contribution in [3.05, 3.63) is 54.1 Å². The van der Waals surface area contributed by atoms with E-state index in [2.05, 4.69) is 12.2 Å². The molecule has 27 heavy (non-hydrogen) atoms. The molecule has 0 spiro atoms. The van der Waals surface area contributed by atoms with Crippen LogP contribution in [0.2, 0.25) is 0 Å². The quantitative estimate of drug-likeness (QED) is 0.749. The zero-order valence-electron chi connectivity index (χ0n) is 15.9. The second-order valence-electron chi connectivity index (χ2n) is 6.96. The molecule has 1 N–H and O–H groups in total. The molecular weight excluding hydrogens is 340 g/mol. The number of unbranched alkanes of at least 4 members (excludes halogenated alkanes) is 1. The van der Waals surface area contributed by atoms with E-state index in [1.807, 2.05) is 55.5 Å². The fourth-order valence-corrected chi connectivity index (χ4v) is 3.14. The van der Waals surface area contributed by atoms with Gasteiger partial charge in [-0.25, -0.2) is 0 Å². The minimum Gasteiger partial charge on any atom is -0.494 e. The molecule has 1 atom stereocenters. The van der Waals surface area contributed by atoms with Crippen molar-refractivity contribution in [3.63, 3.8) is 0 Å². The zero-order valence-corrected chi connectivity index (χ0v) is 15.9. The van der Waals surface area contributed by atoms with Crippen molar-refractivity contribution >= 4 is 23.2 Å². The third-order valence-corrected chi connectivity index (χ3v) is 4.70. The normalized spacial score (nSPS) is 16.4. The maximum atomic E-state index is 12.6. The number of aryl methyl sites for hydroxylation is 1. The summed E-state index contributed by atoms with van der Waals surface area (Å²) in [5.74, 6) is 0.306. The average Bonchev–Trinajstić information content (AvgIpc) is 3.05. The number of hydrogen-bond donors (Lipinski definition) is 1. The Bertz CT molecular complexity index is 801. The van der Waals surface area contributed by atoms with Gasteiger partial charge in [-0.15, -0.1) is 0 Å². The van der Waals surface area contributed by atoms with Crippen molar-refractivity contribution in [2.75, 3.05) is 23.4 Å². The first-order chi connectivity index (χ1) is 13.1. The molecule has 2 aromatic rings. The van der Waals surface area contributed by atoms with E-state index in [1.165, 1.54) is 0 Å². The van der Waals surface area contributed by atoms with Crippen molar-refractivity contribution in [3.8, 4) is 5.75 Å². The van der Waals surface area contributed by atoms with Crippen molar-refractivity contribution in [1.29, 1.82) is 0 Å². The number of anilines is 2. The highest BCUT2D eigenvalue weighted by Crippen LogP contribution is 2.27. The molecule has 1 aliphatic heterocycles. The van der Waals surface area contributed by atoms with Gasteiger partial charge in [0.05, 0.1) is 12.5 Å². The highest BCUT2D eigenvalue weighted by molar-refractivity contribution is 6.03. The molecule has 2 aromatic carbocycles. The second kappa shape index (κ2) is 8.71. The number of rotatable bonds is 7. The molecule has 142 valence electrons. The lowest BCUT2D eigenvalue weighted by Gasteiger charge is -2.17. The van der Waals surface area contributed by atoms with E-state index in [0.29, 0.717) is 18.8 Å². The molecule has 1 fully saturated rings. The summed E-state index contributed by atoms with van der Waals surface area (Å²) in [6.07, 6.45) is 2.34. The van der Waals surface area contributed by atoms with Gasteiger partial charge in [0.25, 0.3) is 0 Å². The molecular formula is C22H26N2O3. The second-order valence-corrected chi connectivity index (χ2v) is 6.96. The van der Waals surface area contributed by atoms with Gasteiger partial charge in [-0.05, 0) is 55.3 Å². The van der Waals surface area contributed by atoms with E-state index in [0.717, 1.165) is 29.8 Å². The number of hydrogen-bond acceptors (Lipinski definition) is 3. The molecule has 5 heteroatoms. The summed E-state index contributed by atoms with van der Waals surface area (Å²) in [7, 11) is 0. The minimum atomic E-state index is -0.349. The summed E-state index contributed by atoms with van der Waals surface area (Å²) in [6.45, 7) is 5.22. The lowest BCUT2D eigenvalue weighted by molar-refractivity contribution is -0.122. The van der Waals surface area contributed by atoms with Crippen LogP contribution in [0.25, 0.3) is 0 Å². The van der Waals surface area contributed by atoms with E-state index in [9.17, 15) is 9.59 Å². The topological polar surface area (TPSA) is 58.6 Å². The molecule has 0 saturated carbocycles. The van der Waals surface area contributed by atoms with Gasteiger partial charge >= 0.3 is 0 Å². The predicted molar refractivity (Wildman–Crippen MR) is 107 cm³/mol. The van der Waals surface area contributed by atoms with E-state index in [-0.39, 0.29) is 24.2 Å². The molecule has 0 bridgehead atoms. The Labute approximate surface area is 160 Å². The zero-order chi connectivity index (χ0) is 19.2. The molecule has 0 unspecified atom stereocenters. The average molecular weight is 366 g/mol. The Morgan fingerprint density at radius 3 is 2.70 bits per heavy atom. The van der Waals surface area contributed by atoms with Gasteiger partial charge in [0, 0.05) is 24.3 Å². The Morgan fingerprint density at radius 2 is 2.00 bits per heavy atom. The molecule has 2 amide bonds. The first kappa shape index (κ1) is 19.0. The van der Waals surface area contributed by atoms with Gasteiger partial charge < -0.3 is 15.0 Å². The number of benzene rings is 2. The number of amides is 2. The van der Waals surface area contributed by atoms with E-state index >= 15 is 0 Å². The highest BCUT2D eigenvalue weighted by Gasteiger charge is 2.35. The molecule has 0 radical (unpaired) electrons. The highest BCUT2D eigenvalue weighted by atomic mass is 16.5. The maximum Gasteiger partial charge on any atom is 0.229 e. The van der Waals surface area contributed by atoms with Crippen LogP contribution in [0.3, 0.4) is 0 Å². The van der Waals surface area contributed by atoms with Crippen molar-refractivity contribution in [1.82, 2.24) is 0 Å². The Morgan fingerprint density at radius 1 is 1.22 bits per heavy atom. The molecule has 0 aromatic heterocycles. The Hall–Kier alpha value is -2.82. The van der Waals surface area contributed by atoms with Crippen molar-refractivity contribution in [2.24, 2.45) is 5.92 Å². The lowest BCUT2D eigenvalue weighted by atomic mass is 10.1. The minimum absolute atomic E-state index is 0.0135. The third-order valence-electron chi connectivity index (χ3n) is 4.70. The van der Waals surface area contributed by atoms with Gasteiger partial charge in [-0.1, -0.05) is 25.5 Å². The van der Waals surface area contributed by atoms with Crippen LogP contribution in [0.5, 0.6) is 5.75 Å². The molecule has 3 rings (SSSR count). The Kier molecular flexibility index (Phi) is 6.12. The van der Waals surface area contributed by atoms with Gasteiger partial charge in [-0.3, -0.25) is 9.59 Å². The van der Waals surface area contributed by atoms with Crippen LogP contribution < -0.4 is 15.0 Å². The molecule has 1 saturated heterocycles. The number of ether oxygens (including phenoxy) is 1. The number of carbonyl (C=O) groups is 2. The lowest BCUT2D eigenvalue weighted by Crippen LogP contribution is -2.28. The van der Waals surface area contributed by atoms with Gasteiger partial charge in [-0.2, -0.15) is 0 Å². The van der Waals surface area contributed by atoms with Gasteiger partial charge in [0.15, 0.2) is 0 Å². The fourth-order valence-electron chi connectivity index (χ4n) is 3.14. The first-order valence-electron chi connectivity index (χ1n) is 9.47. The number of nitrogens with one attached hydrogen (secondary N) is 1. The monoisotopic (exact) mass is 366 g/mol. The van der Waals surface area contributed by atoms with Gasteiger partial charge in [0.1, 0.15) is 5.75 Å². The summed E-state index contributed by atoms with van der Waals surface area (Å²) in [5.41, 5.74) is 2.66. The smallest absolute Gasteiger partial charge is 0.229 e. The molecule has 0 aliphatic carbocycles. The van der Waals surface area contributed by atoms with E-state index < -0.39 is 0 Å². The SMILES string of the molecule is CCCCOc1ccc(NC(=O)[C@@H]2CC(=O)N(c3cccc(C)c3)C2)cc1. The largest absolute Gasteiger partial charge is 0.494 e. The standard InChI is InChI=1S/C22H26N2O3/c1-3-4-12-27-20-10-8-18(9-11-20)23-22(26)17-14-21(25)24(15-17)19-7-5-6-16(2)13-19/h5-11,13,17H,3-4,12,14-15H2,1-2H3,(H,23,26)/t17-/m1/s1. The summed E-state index contributed by atoms with van der Waals surface area (Å²) in [4.78, 5) is 26.6. The van der Waals surface area contributed by atoms with Crippen LogP contribution in [-0.2, 0) is 9.59 Å². The van der Waals surface area contributed by atoms with Crippen LogP contribution in [0.4, 0.5) is 11.4 Å². The number of carbonyl (C=O) groups excluding carboxylic acids is 2. The molecule has 5 nitrogen and oxygen atoms in total. The molecule has 1 heterocycles. The summed E-state index contributed by atoms with van der Waals surface area (Å²) in [5, 5.41) is 2.91. The van der Waals surface area contributed by atoms with Gasteiger partial charge in [0.2, 0.25) is 11.8 Å². The van der Waals surface area contributed by atoms with Crippen LogP contribution in [0.15, 0.2) is 48.5 Å². The summed E-state index contributed by atoms with van der Waals surface area (Å²) in [6, 6.07) is 15.1. The van der Waals surface area contributed by atoms with E-state index in [1.54, 1.807) is 4.90 Å². The van der Waals surface area contributed by atoms with E-state index in [4.69, 9.17) is 4.74 Å². The Balaban J connectivity index is 1.58.